The Balaban J connectivity index is 5.04. The van der Waals surface area contributed by atoms with Gasteiger partial charge in [0.15, 0.2) is 0 Å². The van der Waals surface area contributed by atoms with E-state index >= 15 is 0 Å². The number of nitrogens with zero attached hydrogens (tertiary/aromatic N) is 1. The van der Waals surface area contributed by atoms with Crippen molar-refractivity contribution in [3.05, 3.63) is 0 Å². The minimum atomic E-state index is -2.06. The molecule has 0 unspecified atom stereocenters. The van der Waals surface area contributed by atoms with Crippen LogP contribution in [0, 0.1) is 0 Å². The average molecular weight is 334 g/mol. The van der Waals surface area contributed by atoms with E-state index < -0.39 is 18.4 Å². The molecule has 0 aromatic heterocycles. The quantitative estimate of drug-likeness (QED) is 0.618. The first-order valence-electron chi connectivity index (χ1n) is 7.05. The predicted molar refractivity (Wildman–Crippen MR) is 78.8 cm³/mol. The van der Waals surface area contributed by atoms with Crippen LogP contribution in [0.4, 0.5) is 0 Å². The third-order valence-electron chi connectivity index (χ3n) is 4.62. The molecule has 0 aromatic carbocycles. The van der Waals surface area contributed by atoms with Crippen LogP contribution in [0.5, 0.6) is 0 Å². The molecule has 1 nitrogen and oxygen atoms in total. The van der Waals surface area contributed by atoms with Crippen molar-refractivity contribution in [3.8, 4) is 0 Å². The second-order valence-electron chi connectivity index (χ2n) is 6.04. The van der Waals surface area contributed by atoms with Gasteiger partial charge in [-0.25, -0.2) is 0 Å². The van der Waals surface area contributed by atoms with Gasteiger partial charge in [-0.05, 0) is 0 Å². The fraction of sp³-hybridized carbons (Fsp3) is 1.00. The second kappa shape index (κ2) is 7.25. The van der Waals surface area contributed by atoms with Gasteiger partial charge in [0.1, 0.15) is 0 Å². The maximum atomic E-state index is 2.68. The summed E-state index contributed by atoms with van der Waals surface area (Å²) in [7, 11) is 0. The van der Waals surface area contributed by atoms with Crippen LogP contribution < -0.4 is 0 Å². The molecule has 98 valence electrons. The van der Waals surface area contributed by atoms with Gasteiger partial charge in [-0.15, -0.1) is 0 Å². The zero-order chi connectivity index (χ0) is 12.9. The molecule has 0 aliphatic rings. The van der Waals surface area contributed by atoms with Gasteiger partial charge < -0.3 is 0 Å². The van der Waals surface area contributed by atoms with Crippen molar-refractivity contribution in [2.45, 2.75) is 67.2 Å². The van der Waals surface area contributed by atoms with Crippen molar-refractivity contribution >= 4 is 18.4 Å². The maximum absolute atomic E-state index is 2.68. The van der Waals surface area contributed by atoms with E-state index in [1.807, 2.05) is 0 Å². The van der Waals surface area contributed by atoms with E-state index in [1.165, 1.54) is 17.7 Å². The summed E-state index contributed by atoms with van der Waals surface area (Å²) >= 11 is -2.06. The van der Waals surface area contributed by atoms with E-state index in [9.17, 15) is 0 Å². The summed E-state index contributed by atoms with van der Waals surface area (Å²) in [5.74, 6) is 0. The van der Waals surface area contributed by atoms with Crippen LogP contribution in [0.2, 0.25) is 11.8 Å². The van der Waals surface area contributed by atoms with Gasteiger partial charge in [0.2, 0.25) is 0 Å². The van der Waals surface area contributed by atoms with Crippen molar-refractivity contribution in [2.75, 3.05) is 17.7 Å². The molecular formula is C14H33NSn. The fourth-order valence-corrected chi connectivity index (χ4v) is 21.4. The van der Waals surface area contributed by atoms with Gasteiger partial charge >= 0.3 is 108 Å². The van der Waals surface area contributed by atoms with Crippen molar-refractivity contribution in [1.29, 1.82) is 0 Å². The van der Waals surface area contributed by atoms with Crippen LogP contribution in [0.3, 0.4) is 0 Å². The summed E-state index contributed by atoms with van der Waals surface area (Å²) in [6.45, 7) is 22.0. The van der Waals surface area contributed by atoms with Crippen LogP contribution in [0.1, 0.15) is 55.4 Å². The molecule has 0 amide bonds. The first kappa shape index (κ1) is 16.8. The Morgan fingerprint density at radius 1 is 0.750 bits per heavy atom. The van der Waals surface area contributed by atoms with E-state index in [1.54, 1.807) is 0 Å². The van der Waals surface area contributed by atoms with Crippen molar-refractivity contribution in [3.63, 3.8) is 0 Å². The van der Waals surface area contributed by atoms with E-state index in [-0.39, 0.29) is 0 Å². The Labute approximate surface area is 108 Å². The third kappa shape index (κ3) is 3.63. The summed E-state index contributed by atoms with van der Waals surface area (Å²) in [5.41, 5.74) is 0. The van der Waals surface area contributed by atoms with Crippen LogP contribution in [-0.2, 0) is 0 Å². The Kier molecular flexibility index (Phi) is 7.59. The number of hydrogen-bond acceptors (Lipinski definition) is 1. The molecule has 0 rings (SSSR count). The van der Waals surface area contributed by atoms with Crippen molar-refractivity contribution in [1.82, 2.24) is 4.90 Å². The normalized spacial score (nSPS) is 13.5. The third-order valence-corrected chi connectivity index (χ3v) is 25.9. The van der Waals surface area contributed by atoms with Crippen molar-refractivity contribution in [2.24, 2.45) is 0 Å². The topological polar surface area (TPSA) is 3.24 Å². The van der Waals surface area contributed by atoms with E-state index in [4.69, 9.17) is 0 Å². The Morgan fingerprint density at radius 2 is 1.06 bits per heavy atom. The molecule has 0 spiro atoms. The van der Waals surface area contributed by atoms with Gasteiger partial charge in [-0.2, -0.15) is 0 Å². The standard InChI is InChI=1S/C5H12N.3C3H7.Sn/c1-4-6(3)5-2;3*1-3-2;/h3-5H2,1-2H3;3*3H,1-2H3;. The Bertz CT molecular complexity index is 161. The monoisotopic (exact) mass is 335 g/mol. The van der Waals surface area contributed by atoms with Gasteiger partial charge in [0.05, 0.1) is 0 Å². The molecular weight excluding hydrogens is 301 g/mol. The predicted octanol–water partition coefficient (Wildman–Crippen LogP) is 4.55. The van der Waals surface area contributed by atoms with Crippen LogP contribution in [-0.4, -0.2) is 40.9 Å². The SMILES string of the molecule is CCN(CC)[CH2][Sn]([CH](C)C)([CH](C)C)[CH](C)C. The summed E-state index contributed by atoms with van der Waals surface area (Å²) in [5, 5.41) is 0. The van der Waals surface area contributed by atoms with E-state index in [0.29, 0.717) is 0 Å². The minimum absolute atomic E-state index is 0.954. The summed E-state index contributed by atoms with van der Waals surface area (Å²) in [6.07, 6.45) is 0. The van der Waals surface area contributed by atoms with Gasteiger partial charge in [-0.3, -0.25) is 0 Å². The molecule has 0 bridgehead atoms. The van der Waals surface area contributed by atoms with Crippen molar-refractivity contribution < 1.29 is 0 Å². The molecule has 0 heterocycles. The summed E-state index contributed by atoms with van der Waals surface area (Å²) < 4.78 is 4.31. The Hall–Kier alpha value is 0.759. The molecule has 0 aromatic rings. The average Bonchev–Trinajstić information content (AvgIpc) is 2.18. The van der Waals surface area contributed by atoms with E-state index in [0.717, 1.165) is 11.8 Å². The summed E-state index contributed by atoms with van der Waals surface area (Å²) in [6, 6.07) is 0. The molecule has 16 heavy (non-hydrogen) atoms. The fourth-order valence-electron chi connectivity index (χ4n) is 3.38. The molecule has 0 atom stereocenters. The zero-order valence-electron chi connectivity index (χ0n) is 12.8. The van der Waals surface area contributed by atoms with Crippen LogP contribution >= 0.6 is 0 Å². The second-order valence-corrected chi connectivity index (χ2v) is 23.2. The molecule has 0 fully saturated rings. The molecule has 0 saturated carbocycles. The van der Waals surface area contributed by atoms with Gasteiger partial charge in [-0.1, -0.05) is 0 Å². The molecule has 2 heteroatoms. The number of hydrogen-bond donors (Lipinski definition) is 0. The molecule has 0 N–H and O–H groups in total. The molecule has 0 radical (unpaired) electrons. The van der Waals surface area contributed by atoms with Gasteiger partial charge in [0, 0.05) is 0 Å². The van der Waals surface area contributed by atoms with Crippen LogP contribution in [0.25, 0.3) is 0 Å². The van der Waals surface area contributed by atoms with Crippen LogP contribution in [0.15, 0.2) is 0 Å². The number of rotatable bonds is 7. The zero-order valence-corrected chi connectivity index (χ0v) is 15.7. The van der Waals surface area contributed by atoms with E-state index in [2.05, 4.69) is 60.3 Å². The first-order chi connectivity index (χ1) is 7.32. The first-order valence-corrected chi connectivity index (χ1v) is 14.0. The summed E-state index contributed by atoms with van der Waals surface area (Å²) in [4.78, 5) is 2.68. The Morgan fingerprint density at radius 3 is 1.25 bits per heavy atom. The molecule has 0 saturated heterocycles. The molecule has 0 aliphatic heterocycles. The van der Waals surface area contributed by atoms with Gasteiger partial charge in [0.25, 0.3) is 0 Å². The molecule has 0 aliphatic carbocycles.